The van der Waals surface area contributed by atoms with Crippen LogP contribution in [0.1, 0.15) is 36.1 Å². The van der Waals surface area contributed by atoms with Crippen LogP contribution < -0.4 is 0 Å². The number of amides is 1. The van der Waals surface area contributed by atoms with Gasteiger partial charge in [-0.25, -0.2) is 0 Å². The Morgan fingerprint density at radius 1 is 0.759 bits per heavy atom. The number of rotatable bonds is 2. The standard InChI is InChI=1S/C26H25NOS/c1-24(2)21-16-10-11-17-22(21)26(27(3)23(24)28)25(18-29-26,19-12-6-4-7-13-19)20-14-8-5-9-15-20/h4-17H,18H2,1-3H3. The molecule has 2 aliphatic heterocycles. The van der Waals surface area contributed by atoms with Crippen molar-refractivity contribution in [3.63, 3.8) is 0 Å². The Morgan fingerprint density at radius 2 is 1.24 bits per heavy atom. The third kappa shape index (κ3) is 2.17. The molecule has 0 aromatic heterocycles. The number of thioether (sulfide) groups is 1. The topological polar surface area (TPSA) is 20.3 Å². The predicted octanol–water partition coefficient (Wildman–Crippen LogP) is 5.32. The zero-order valence-electron chi connectivity index (χ0n) is 17.1. The first-order valence-electron chi connectivity index (χ1n) is 10.1. The summed E-state index contributed by atoms with van der Waals surface area (Å²) in [6.45, 7) is 4.10. The largest absolute Gasteiger partial charge is 0.325 e. The van der Waals surface area contributed by atoms with Crippen LogP contribution in [0.25, 0.3) is 0 Å². The van der Waals surface area contributed by atoms with Gasteiger partial charge in [0.05, 0.1) is 10.8 Å². The molecule has 0 N–H and O–H groups in total. The molecule has 3 aromatic rings. The Labute approximate surface area is 176 Å². The highest BCUT2D eigenvalue weighted by Gasteiger charge is 2.69. The van der Waals surface area contributed by atoms with Gasteiger partial charge in [0.15, 0.2) is 0 Å². The quantitative estimate of drug-likeness (QED) is 0.581. The van der Waals surface area contributed by atoms with Crippen LogP contribution in [0.3, 0.4) is 0 Å². The number of nitrogens with zero attached hydrogens (tertiary/aromatic N) is 1. The second kappa shape index (κ2) is 6.24. The van der Waals surface area contributed by atoms with Crippen molar-refractivity contribution >= 4 is 17.7 Å². The van der Waals surface area contributed by atoms with Gasteiger partial charge in [0.25, 0.3) is 0 Å². The predicted molar refractivity (Wildman–Crippen MR) is 120 cm³/mol. The molecule has 3 heteroatoms. The van der Waals surface area contributed by atoms with Crippen molar-refractivity contribution in [2.45, 2.75) is 29.5 Å². The van der Waals surface area contributed by atoms with E-state index in [1.54, 1.807) is 0 Å². The number of hydrogen-bond donors (Lipinski definition) is 0. The Balaban J connectivity index is 1.87. The number of fused-ring (bicyclic) bond motifs is 2. The number of benzene rings is 3. The van der Waals surface area contributed by atoms with E-state index in [-0.39, 0.29) is 11.3 Å². The van der Waals surface area contributed by atoms with Crippen molar-refractivity contribution in [2.24, 2.45) is 0 Å². The summed E-state index contributed by atoms with van der Waals surface area (Å²) in [5.74, 6) is 1.12. The van der Waals surface area contributed by atoms with Crippen molar-refractivity contribution in [2.75, 3.05) is 12.8 Å². The highest BCUT2D eigenvalue weighted by atomic mass is 32.2. The average Bonchev–Trinajstić information content (AvgIpc) is 2.74. The highest BCUT2D eigenvalue weighted by Crippen LogP contribution is 2.69. The van der Waals surface area contributed by atoms with Crippen molar-refractivity contribution < 1.29 is 4.79 Å². The fourth-order valence-electron chi connectivity index (χ4n) is 5.40. The zero-order valence-corrected chi connectivity index (χ0v) is 17.9. The molecule has 0 saturated carbocycles. The molecule has 5 rings (SSSR count). The van der Waals surface area contributed by atoms with Crippen LogP contribution in [-0.4, -0.2) is 23.6 Å². The lowest BCUT2D eigenvalue weighted by Crippen LogP contribution is -2.71. The van der Waals surface area contributed by atoms with Crippen LogP contribution in [0.4, 0.5) is 0 Å². The Kier molecular flexibility index (Phi) is 3.98. The Morgan fingerprint density at radius 3 is 1.72 bits per heavy atom. The molecular formula is C26H25NOS. The van der Waals surface area contributed by atoms with Crippen LogP contribution in [0, 0.1) is 0 Å². The van der Waals surface area contributed by atoms with Gasteiger partial charge in [0.1, 0.15) is 4.87 Å². The fraction of sp³-hybridized carbons (Fsp3) is 0.269. The van der Waals surface area contributed by atoms with E-state index in [4.69, 9.17) is 0 Å². The van der Waals surface area contributed by atoms with Gasteiger partial charge >= 0.3 is 0 Å². The molecule has 1 saturated heterocycles. The zero-order chi connectivity index (χ0) is 20.3. The number of hydrogen-bond acceptors (Lipinski definition) is 2. The maximum atomic E-state index is 13.7. The van der Waals surface area contributed by atoms with Gasteiger partial charge in [0.2, 0.25) is 5.91 Å². The van der Waals surface area contributed by atoms with Crippen LogP contribution in [0.2, 0.25) is 0 Å². The fourth-order valence-corrected chi connectivity index (χ4v) is 7.28. The summed E-state index contributed by atoms with van der Waals surface area (Å²) in [5, 5.41) is 0. The van der Waals surface area contributed by atoms with Crippen LogP contribution in [0.5, 0.6) is 0 Å². The number of carbonyl (C=O) groups is 1. The molecule has 146 valence electrons. The van der Waals surface area contributed by atoms with Crippen molar-refractivity contribution in [3.05, 3.63) is 107 Å². The molecule has 1 unspecified atom stereocenters. The van der Waals surface area contributed by atoms with Crippen LogP contribution in [-0.2, 0) is 20.5 Å². The Hall–Kier alpha value is -2.52. The van der Waals surface area contributed by atoms with Gasteiger partial charge in [0, 0.05) is 12.8 Å². The Bertz CT molecular complexity index is 1040. The van der Waals surface area contributed by atoms with E-state index in [1.165, 1.54) is 16.7 Å². The molecular weight excluding hydrogens is 374 g/mol. The summed E-state index contributed by atoms with van der Waals surface area (Å²) < 4.78 is 0. The summed E-state index contributed by atoms with van der Waals surface area (Å²) >= 11 is 1.89. The average molecular weight is 400 g/mol. The third-order valence-electron chi connectivity index (χ3n) is 6.89. The minimum absolute atomic E-state index is 0.180. The lowest BCUT2D eigenvalue weighted by atomic mass is 9.61. The number of likely N-dealkylation sites (N-methyl/N-ethyl adjacent to an activating group) is 1. The molecule has 1 atom stereocenters. The second-order valence-electron chi connectivity index (χ2n) is 8.60. The molecule has 29 heavy (non-hydrogen) atoms. The van der Waals surface area contributed by atoms with E-state index in [2.05, 4.69) is 84.9 Å². The molecule has 1 amide bonds. The molecule has 2 aliphatic rings. The summed E-state index contributed by atoms with van der Waals surface area (Å²) in [4.78, 5) is 15.3. The van der Waals surface area contributed by atoms with Gasteiger partial charge in [-0.3, -0.25) is 4.79 Å². The van der Waals surface area contributed by atoms with Gasteiger partial charge in [-0.2, -0.15) is 0 Å². The van der Waals surface area contributed by atoms with E-state index in [1.807, 2.05) is 37.6 Å². The normalized spacial score (nSPS) is 24.1. The maximum Gasteiger partial charge on any atom is 0.233 e. The highest BCUT2D eigenvalue weighted by molar-refractivity contribution is 8.01. The second-order valence-corrected chi connectivity index (χ2v) is 9.77. The van der Waals surface area contributed by atoms with E-state index in [9.17, 15) is 4.79 Å². The lowest BCUT2D eigenvalue weighted by Gasteiger charge is -2.66. The van der Waals surface area contributed by atoms with Gasteiger partial charge in [-0.05, 0) is 36.1 Å². The molecule has 0 aliphatic carbocycles. The molecule has 1 fully saturated rings. The SMILES string of the molecule is CN1C(=O)C(C)(C)c2ccccc2C12SCC2(c1ccccc1)c1ccccc1. The van der Waals surface area contributed by atoms with E-state index >= 15 is 0 Å². The summed E-state index contributed by atoms with van der Waals surface area (Å²) in [6, 6.07) is 30.0. The first kappa shape index (κ1) is 18.5. The van der Waals surface area contributed by atoms with Gasteiger partial charge in [-0.15, -0.1) is 11.8 Å². The van der Waals surface area contributed by atoms with Crippen molar-refractivity contribution in [1.29, 1.82) is 0 Å². The minimum Gasteiger partial charge on any atom is -0.325 e. The lowest BCUT2D eigenvalue weighted by molar-refractivity contribution is -0.142. The molecule has 2 heterocycles. The van der Waals surface area contributed by atoms with E-state index in [0.717, 1.165) is 11.3 Å². The van der Waals surface area contributed by atoms with Crippen LogP contribution in [0.15, 0.2) is 84.9 Å². The van der Waals surface area contributed by atoms with Crippen molar-refractivity contribution in [3.8, 4) is 0 Å². The number of carbonyl (C=O) groups excluding carboxylic acids is 1. The first-order valence-corrected chi connectivity index (χ1v) is 11.1. The van der Waals surface area contributed by atoms with Gasteiger partial charge in [-0.1, -0.05) is 84.9 Å². The van der Waals surface area contributed by atoms with E-state index in [0.29, 0.717) is 0 Å². The van der Waals surface area contributed by atoms with E-state index < -0.39 is 10.3 Å². The molecule has 0 radical (unpaired) electrons. The van der Waals surface area contributed by atoms with Gasteiger partial charge < -0.3 is 4.90 Å². The molecule has 3 aromatic carbocycles. The summed E-state index contributed by atoms with van der Waals surface area (Å²) in [5.41, 5.74) is 4.10. The summed E-state index contributed by atoms with van der Waals surface area (Å²) in [7, 11) is 1.99. The third-order valence-corrected chi connectivity index (χ3v) is 8.72. The molecule has 2 nitrogen and oxygen atoms in total. The van der Waals surface area contributed by atoms with Crippen LogP contribution >= 0.6 is 11.8 Å². The smallest absolute Gasteiger partial charge is 0.233 e. The minimum atomic E-state index is -0.536. The maximum absolute atomic E-state index is 13.7. The summed E-state index contributed by atoms with van der Waals surface area (Å²) in [6.07, 6.45) is 0. The monoisotopic (exact) mass is 399 g/mol. The first-order chi connectivity index (χ1) is 14.0. The van der Waals surface area contributed by atoms with Crippen molar-refractivity contribution in [1.82, 2.24) is 4.90 Å². The molecule has 1 spiro atoms. The molecule has 0 bridgehead atoms.